The zero-order valence-electron chi connectivity index (χ0n) is 6.68. The fourth-order valence-electron chi connectivity index (χ4n) is 0.885. The second-order valence-corrected chi connectivity index (χ2v) is 2.36. The van der Waals surface area contributed by atoms with Gasteiger partial charge in [-0.25, -0.2) is 4.85 Å². The Hall–Kier alpha value is -1.49. The van der Waals surface area contributed by atoms with E-state index in [2.05, 4.69) is 10.2 Å². The van der Waals surface area contributed by atoms with Gasteiger partial charge in [0.1, 0.15) is 0 Å². The van der Waals surface area contributed by atoms with Crippen molar-refractivity contribution in [3.05, 3.63) is 35.2 Å². The lowest BCUT2D eigenvalue weighted by Crippen LogP contribution is -1.86. The maximum absolute atomic E-state index is 6.85. The van der Waals surface area contributed by atoms with Crippen LogP contribution in [0.3, 0.4) is 0 Å². The molecule has 0 aliphatic carbocycles. The van der Waals surface area contributed by atoms with E-state index in [-0.39, 0.29) is 0 Å². The highest BCUT2D eigenvalue weighted by Crippen LogP contribution is 2.22. The minimum atomic E-state index is 0.719. The van der Waals surface area contributed by atoms with Gasteiger partial charge in [0.15, 0.2) is 5.69 Å². The maximum atomic E-state index is 6.85. The van der Waals surface area contributed by atoms with Crippen LogP contribution >= 0.6 is 0 Å². The summed E-state index contributed by atoms with van der Waals surface area (Å²) >= 11 is 0. The summed E-state index contributed by atoms with van der Waals surface area (Å²) < 4.78 is 0. The number of anilines is 1. The minimum Gasteiger partial charge on any atom is -0.389 e. The summed E-state index contributed by atoms with van der Waals surface area (Å²) in [6.07, 6.45) is 0. The van der Waals surface area contributed by atoms with Crippen LogP contribution in [0.4, 0.5) is 11.4 Å². The molecule has 11 heavy (non-hydrogen) atoms. The van der Waals surface area contributed by atoms with Crippen molar-refractivity contribution in [2.75, 3.05) is 12.4 Å². The van der Waals surface area contributed by atoms with Crippen LogP contribution in [-0.2, 0) is 0 Å². The Morgan fingerprint density at radius 2 is 2.18 bits per heavy atom. The topological polar surface area (TPSA) is 16.4 Å². The molecule has 0 aliphatic rings. The lowest BCUT2D eigenvalue weighted by Gasteiger charge is -2.01. The van der Waals surface area contributed by atoms with Crippen LogP contribution < -0.4 is 5.32 Å². The molecule has 1 rings (SSSR count). The van der Waals surface area contributed by atoms with Gasteiger partial charge in [-0.15, -0.1) is 0 Å². The number of nitrogens with one attached hydrogen (secondary N) is 1. The lowest BCUT2D eigenvalue weighted by atomic mass is 10.2. The molecule has 2 nitrogen and oxygen atoms in total. The Labute approximate surface area is 66.7 Å². The van der Waals surface area contributed by atoms with Crippen LogP contribution in [0.25, 0.3) is 4.85 Å². The molecule has 1 aromatic rings. The number of rotatable bonds is 1. The second-order valence-electron chi connectivity index (χ2n) is 2.36. The standard InChI is InChI=1S/C9H10N2/c1-7-4-5-8(10-2)6-9(7)11-3/h4-6,10H,1-2H3. The van der Waals surface area contributed by atoms with Crippen molar-refractivity contribution >= 4 is 11.4 Å². The third kappa shape index (κ3) is 1.50. The molecule has 0 aromatic heterocycles. The first-order valence-electron chi connectivity index (χ1n) is 3.44. The smallest absolute Gasteiger partial charge is 0.192 e. The van der Waals surface area contributed by atoms with E-state index in [0.717, 1.165) is 16.9 Å². The van der Waals surface area contributed by atoms with Gasteiger partial charge in [0.25, 0.3) is 0 Å². The van der Waals surface area contributed by atoms with Crippen molar-refractivity contribution in [2.45, 2.75) is 6.92 Å². The first-order chi connectivity index (χ1) is 5.27. The van der Waals surface area contributed by atoms with Crippen molar-refractivity contribution in [2.24, 2.45) is 0 Å². The molecule has 1 aromatic carbocycles. The largest absolute Gasteiger partial charge is 0.389 e. The van der Waals surface area contributed by atoms with Crippen LogP contribution in [0.5, 0.6) is 0 Å². The van der Waals surface area contributed by atoms with E-state index >= 15 is 0 Å². The molecule has 1 N–H and O–H groups in total. The van der Waals surface area contributed by atoms with Gasteiger partial charge in [-0.3, -0.25) is 0 Å². The van der Waals surface area contributed by atoms with Gasteiger partial charge in [0.2, 0.25) is 0 Å². The van der Waals surface area contributed by atoms with Gasteiger partial charge in [0.05, 0.1) is 6.57 Å². The van der Waals surface area contributed by atoms with Crippen LogP contribution in [0.15, 0.2) is 18.2 Å². The monoisotopic (exact) mass is 146 g/mol. The molecule has 2 heteroatoms. The SMILES string of the molecule is [C-]#[N+]c1cc(NC)ccc1C. The quantitative estimate of drug-likeness (QED) is 0.602. The maximum Gasteiger partial charge on any atom is 0.192 e. The summed E-state index contributed by atoms with van der Waals surface area (Å²) in [6, 6.07) is 5.76. The van der Waals surface area contributed by atoms with Crippen LogP contribution in [0.2, 0.25) is 0 Å². The summed E-state index contributed by atoms with van der Waals surface area (Å²) in [4.78, 5) is 3.39. The van der Waals surface area contributed by atoms with Crippen molar-refractivity contribution in [1.82, 2.24) is 0 Å². The minimum absolute atomic E-state index is 0.719. The number of nitrogens with zero attached hydrogens (tertiary/aromatic N) is 1. The molecule has 0 heterocycles. The van der Waals surface area contributed by atoms with E-state index in [9.17, 15) is 0 Å². The summed E-state index contributed by atoms with van der Waals surface area (Å²) in [5, 5.41) is 2.99. The fourth-order valence-corrected chi connectivity index (χ4v) is 0.885. The number of hydrogen-bond donors (Lipinski definition) is 1. The van der Waals surface area contributed by atoms with E-state index in [1.165, 1.54) is 0 Å². The normalized spacial score (nSPS) is 8.82. The number of aryl methyl sites for hydroxylation is 1. The average molecular weight is 146 g/mol. The Kier molecular flexibility index (Phi) is 2.12. The first-order valence-corrected chi connectivity index (χ1v) is 3.44. The molecule has 0 bridgehead atoms. The van der Waals surface area contributed by atoms with E-state index in [1.54, 1.807) is 0 Å². The Morgan fingerprint density at radius 1 is 1.45 bits per heavy atom. The molecule has 0 radical (unpaired) electrons. The second kappa shape index (κ2) is 3.07. The van der Waals surface area contributed by atoms with E-state index in [1.807, 2.05) is 32.2 Å². The fraction of sp³-hybridized carbons (Fsp3) is 0.222. The Morgan fingerprint density at radius 3 is 2.73 bits per heavy atom. The predicted molar refractivity (Wildman–Crippen MR) is 47.0 cm³/mol. The summed E-state index contributed by atoms with van der Waals surface area (Å²) in [7, 11) is 1.85. The van der Waals surface area contributed by atoms with E-state index < -0.39 is 0 Å². The van der Waals surface area contributed by atoms with Gasteiger partial charge in [0, 0.05) is 12.7 Å². The van der Waals surface area contributed by atoms with E-state index in [4.69, 9.17) is 6.57 Å². The third-order valence-corrected chi connectivity index (χ3v) is 1.62. The molecular weight excluding hydrogens is 136 g/mol. The predicted octanol–water partition coefficient (Wildman–Crippen LogP) is 2.59. The van der Waals surface area contributed by atoms with Gasteiger partial charge in [-0.1, -0.05) is 6.07 Å². The zero-order chi connectivity index (χ0) is 8.27. The molecular formula is C9H10N2. The van der Waals surface area contributed by atoms with Crippen molar-refractivity contribution < 1.29 is 0 Å². The van der Waals surface area contributed by atoms with Crippen molar-refractivity contribution in [1.29, 1.82) is 0 Å². The van der Waals surface area contributed by atoms with Crippen LogP contribution in [0.1, 0.15) is 5.56 Å². The highest BCUT2D eigenvalue weighted by Gasteiger charge is 1.96. The summed E-state index contributed by atoms with van der Waals surface area (Å²) in [5.74, 6) is 0. The molecule has 56 valence electrons. The highest BCUT2D eigenvalue weighted by atomic mass is 14.8. The summed E-state index contributed by atoms with van der Waals surface area (Å²) in [5.41, 5.74) is 2.73. The average Bonchev–Trinajstić information content (AvgIpc) is 2.05. The molecule has 0 saturated heterocycles. The molecule has 0 amide bonds. The van der Waals surface area contributed by atoms with Gasteiger partial charge < -0.3 is 5.32 Å². The zero-order valence-corrected chi connectivity index (χ0v) is 6.68. The molecule has 0 spiro atoms. The third-order valence-electron chi connectivity index (χ3n) is 1.62. The van der Waals surface area contributed by atoms with Gasteiger partial charge in [-0.2, -0.15) is 0 Å². The van der Waals surface area contributed by atoms with E-state index in [0.29, 0.717) is 0 Å². The molecule has 0 atom stereocenters. The van der Waals surface area contributed by atoms with Gasteiger partial charge in [-0.05, 0) is 24.6 Å². The number of hydrogen-bond acceptors (Lipinski definition) is 1. The van der Waals surface area contributed by atoms with Gasteiger partial charge >= 0.3 is 0 Å². The van der Waals surface area contributed by atoms with Crippen molar-refractivity contribution in [3.8, 4) is 0 Å². The van der Waals surface area contributed by atoms with Crippen LogP contribution in [-0.4, -0.2) is 7.05 Å². The molecule has 0 saturated carbocycles. The number of benzene rings is 1. The first kappa shape index (κ1) is 7.62. The molecule has 0 aliphatic heterocycles. The molecule has 0 fully saturated rings. The highest BCUT2D eigenvalue weighted by molar-refractivity contribution is 5.61. The summed E-state index contributed by atoms with van der Waals surface area (Å²) in [6.45, 7) is 8.79. The Bertz CT molecular complexity index is 297. The Balaban J connectivity index is 3.15. The lowest BCUT2D eigenvalue weighted by molar-refractivity contribution is 1.45. The van der Waals surface area contributed by atoms with Crippen LogP contribution in [0, 0.1) is 13.5 Å². The van der Waals surface area contributed by atoms with Crippen molar-refractivity contribution in [3.63, 3.8) is 0 Å². The molecule has 0 unspecified atom stereocenters.